The van der Waals surface area contributed by atoms with Crippen molar-refractivity contribution in [2.24, 2.45) is 5.92 Å². The normalized spacial score (nSPS) is 18.6. The zero-order valence-corrected chi connectivity index (χ0v) is 14.3. The first-order valence-electron chi connectivity index (χ1n) is 8.61. The van der Waals surface area contributed by atoms with Crippen LogP contribution in [-0.4, -0.2) is 34.6 Å². The van der Waals surface area contributed by atoms with Gasteiger partial charge in [-0.15, -0.1) is 0 Å². The summed E-state index contributed by atoms with van der Waals surface area (Å²) in [5.74, 6) is 3.75. The Morgan fingerprint density at radius 1 is 1.08 bits per heavy atom. The topological polar surface area (TPSA) is 51.1 Å². The van der Waals surface area contributed by atoms with Crippen molar-refractivity contribution in [1.82, 2.24) is 15.0 Å². The average Bonchev–Trinajstić information content (AvgIpc) is 3.47. The number of pyridine rings is 1. The summed E-state index contributed by atoms with van der Waals surface area (Å²) in [4.78, 5) is 15.7. The molecule has 0 aromatic carbocycles. The fraction of sp³-hybridized carbons (Fsp3) is 0.500. The third-order valence-electron chi connectivity index (χ3n) is 4.72. The lowest BCUT2D eigenvalue weighted by Crippen LogP contribution is -2.36. The van der Waals surface area contributed by atoms with Crippen LogP contribution in [0.4, 0.5) is 5.82 Å². The van der Waals surface area contributed by atoms with E-state index in [1.165, 1.54) is 12.8 Å². The molecule has 3 heterocycles. The molecule has 0 spiro atoms. The molecule has 0 unspecified atom stereocenters. The van der Waals surface area contributed by atoms with Crippen molar-refractivity contribution in [3.63, 3.8) is 0 Å². The Labute approximate surface area is 147 Å². The lowest BCUT2D eigenvalue weighted by molar-refractivity contribution is 0.216. The standard InChI is InChI=1S/C18H21ClN4O/c19-15-2-1-8-21-18(15)24-12-13-6-10-23(11-7-13)16-5-9-20-17(22-16)14-3-4-14/h1-2,5,8-9,13-14H,3-4,6-7,10-12H2. The minimum Gasteiger partial charge on any atom is -0.476 e. The molecule has 0 N–H and O–H groups in total. The van der Waals surface area contributed by atoms with E-state index in [0.717, 1.165) is 37.6 Å². The Kier molecular flexibility index (Phi) is 4.52. The molecular formula is C18H21ClN4O. The van der Waals surface area contributed by atoms with Crippen LogP contribution in [0.25, 0.3) is 0 Å². The summed E-state index contributed by atoms with van der Waals surface area (Å²) in [6.45, 7) is 2.68. The molecule has 2 fully saturated rings. The second kappa shape index (κ2) is 6.93. The SMILES string of the molecule is Clc1cccnc1OCC1CCN(c2ccnc(C3CC3)n2)CC1. The van der Waals surface area contributed by atoms with E-state index in [2.05, 4.69) is 14.9 Å². The van der Waals surface area contributed by atoms with Crippen molar-refractivity contribution in [2.45, 2.75) is 31.6 Å². The molecule has 6 heteroatoms. The van der Waals surface area contributed by atoms with E-state index in [9.17, 15) is 0 Å². The zero-order chi connectivity index (χ0) is 16.4. The first-order chi connectivity index (χ1) is 11.8. The molecule has 1 saturated carbocycles. The van der Waals surface area contributed by atoms with Crippen molar-refractivity contribution in [2.75, 3.05) is 24.6 Å². The Bertz CT molecular complexity index is 699. The lowest BCUT2D eigenvalue weighted by Gasteiger charge is -2.32. The van der Waals surface area contributed by atoms with Crippen molar-refractivity contribution < 1.29 is 4.74 Å². The van der Waals surface area contributed by atoms with E-state index >= 15 is 0 Å². The summed E-state index contributed by atoms with van der Waals surface area (Å²) in [6.07, 6.45) is 8.25. The molecule has 2 aromatic heterocycles. The quantitative estimate of drug-likeness (QED) is 0.827. The number of hydrogen-bond donors (Lipinski definition) is 0. The van der Waals surface area contributed by atoms with Crippen LogP contribution in [0.1, 0.15) is 37.4 Å². The number of nitrogens with zero attached hydrogens (tertiary/aromatic N) is 4. The monoisotopic (exact) mass is 344 g/mol. The maximum absolute atomic E-state index is 6.08. The summed E-state index contributed by atoms with van der Waals surface area (Å²) in [5, 5.41) is 0.573. The second-order valence-corrected chi connectivity index (χ2v) is 6.99. The number of piperidine rings is 1. The minimum atomic E-state index is 0.532. The van der Waals surface area contributed by atoms with Crippen LogP contribution in [0.3, 0.4) is 0 Å². The number of aromatic nitrogens is 3. The number of ether oxygens (including phenoxy) is 1. The lowest BCUT2D eigenvalue weighted by atomic mass is 9.98. The molecule has 2 aliphatic rings. The summed E-state index contributed by atoms with van der Waals surface area (Å²) in [6, 6.07) is 5.64. The van der Waals surface area contributed by atoms with Gasteiger partial charge in [-0.25, -0.2) is 15.0 Å². The molecule has 126 valence electrons. The van der Waals surface area contributed by atoms with E-state index in [1.807, 2.05) is 18.3 Å². The van der Waals surface area contributed by atoms with Crippen LogP contribution >= 0.6 is 11.6 Å². The van der Waals surface area contributed by atoms with Crippen molar-refractivity contribution in [3.05, 3.63) is 41.4 Å². The van der Waals surface area contributed by atoms with Gasteiger partial charge in [0.1, 0.15) is 16.7 Å². The summed E-state index contributed by atoms with van der Waals surface area (Å²) >= 11 is 6.08. The van der Waals surface area contributed by atoms with Crippen molar-refractivity contribution in [3.8, 4) is 5.88 Å². The highest BCUT2D eigenvalue weighted by Crippen LogP contribution is 2.38. The highest BCUT2D eigenvalue weighted by Gasteiger charge is 2.28. The van der Waals surface area contributed by atoms with Crippen LogP contribution in [0, 0.1) is 5.92 Å². The molecule has 5 nitrogen and oxygen atoms in total. The fourth-order valence-corrected chi connectivity index (χ4v) is 3.26. The molecule has 0 bridgehead atoms. The van der Waals surface area contributed by atoms with Gasteiger partial charge >= 0.3 is 0 Å². The molecule has 1 aliphatic heterocycles. The first kappa shape index (κ1) is 15.6. The molecule has 1 aliphatic carbocycles. The molecular weight excluding hydrogens is 324 g/mol. The van der Waals surface area contributed by atoms with Crippen LogP contribution < -0.4 is 9.64 Å². The van der Waals surface area contributed by atoms with Crippen LogP contribution in [-0.2, 0) is 0 Å². The molecule has 4 rings (SSSR count). The third kappa shape index (κ3) is 3.61. The highest BCUT2D eigenvalue weighted by atomic mass is 35.5. The van der Waals surface area contributed by atoms with Crippen LogP contribution in [0.15, 0.2) is 30.6 Å². The Morgan fingerprint density at radius 3 is 2.67 bits per heavy atom. The smallest absolute Gasteiger partial charge is 0.232 e. The van der Waals surface area contributed by atoms with Gasteiger partial charge in [0, 0.05) is 31.4 Å². The maximum atomic E-state index is 6.08. The highest BCUT2D eigenvalue weighted by molar-refractivity contribution is 6.31. The number of rotatable bonds is 5. The van der Waals surface area contributed by atoms with Gasteiger partial charge in [-0.3, -0.25) is 0 Å². The summed E-state index contributed by atoms with van der Waals surface area (Å²) < 4.78 is 5.79. The predicted octanol–water partition coefficient (Wildman–Crippen LogP) is 3.70. The molecule has 2 aromatic rings. The predicted molar refractivity (Wildman–Crippen MR) is 93.7 cm³/mol. The second-order valence-electron chi connectivity index (χ2n) is 6.58. The average molecular weight is 345 g/mol. The van der Waals surface area contributed by atoms with E-state index in [0.29, 0.717) is 29.3 Å². The van der Waals surface area contributed by atoms with Crippen molar-refractivity contribution >= 4 is 17.4 Å². The van der Waals surface area contributed by atoms with Gasteiger partial charge in [0.2, 0.25) is 5.88 Å². The van der Waals surface area contributed by atoms with Gasteiger partial charge in [0.05, 0.1) is 6.61 Å². The molecule has 0 amide bonds. The summed E-state index contributed by atoms with van der Waals surface area (Å²) in [7, 11) is 0. The van der Waals surface area contributed by atoms with Gasteiger partial charge < -0.3 is 9.64 Å². The molecule has 1 saturated heterocycles. The third-order valence-corrected chi connectivity index (χ3v) is 5.01. The zero-order valence-electron chi connectivity index (χ0n) is 13.6. The van der Waals surface area contributed by atoms with Gasteiger partial charge in [0.15, 0.2) is 0 Å². The fourth-order valence-electron chi connectivity index (χ4n) is 3.08. The molecule has 24 heavy (non-hydrogen) atoms. The number of hydrogen-bond acceptors (Lipinski definition) is 5. The molecule has 0 atom stereocenters. The Balaban J connectivity index is 1.30. The largest absolute Gasteiger partial charge is 0.476 e. The van der Waals surface area contributed by atoms with E-state index in [-0.39, 0.29) is 0 Å². The minimum absolute atomic E-state index is 0.532. The van der Waals surface area contributed by atoms with E-state index < -0.39 is 0 Å². The van der Waals surface area contributed by atoms with Crippen LogP contribution in [0.2, 0.25) is 5.02 Å². The first-order valence-corrected chi connectivity index (χ1v) is 8.98. The summed E-state index contributed by atoms with van der Waals surface area (Å²) in [5.41, 5.74) is 0. The number of halogens is 1. The van der Waals surface area contributed by atoms with E-state index in [4.69, 9.17) is 21.3 Å². The molecule has 0 radical (unpaired) electrons. The van der Waals surface area contributed by atoms with E-state index in [1.54, 1.807) is 12.3 Å². The van der Waals surface area contributed by atoms with Crippen LogP contribution in [0.5, 0.6) is 5.88 Å². The van der Waals surface area contributed by atoms with Gasteiger partial charge in [-0.2, -0.15) is 0 Å². The Morgan fingerprint density at radius 2 is 1.92 bits per heavy atom. The number of anilines is 1. The maximum Gasteiger partial charge on any atom is 0.232 e. The van der Waals surface area contributed by atoms with Crippen molar-refractivity contribution in [1.29, 1.82) is 0 Å². The van der Waals surface area contributed by atoms with Gasteiger partial charge in [-0.1, -0.05) is 11.6 Å². The van der Waals surface area contributed by atoms with Gasteiger partial charge in [-0.05, 0) is 49.8 Å². The Hall–Kier alpha value is -1.88. The van der Waals surface area contributed by atoms with Gasteiger partial charge in [0.25, 0.3) is 0 Å².